The summed E-state index contributed by atoms with van der Waals surface area (Å²) in [6.07, 6.45) is 1.88. The number of aromatic nitrogens is 2. The summed E-state index contributed by atoms with van der Waals surface area (Å²) in [7, 11) is 0. The third-order valence-electron chi connectivity index (χ3n) is 4.87. The number of halogens is 2. The molecule has 33 heavy (non-hydrogen) atoms. The summed E-state index contributed by atoms with van der Waals surface area (Å²) in [4.78, 5) is 17.2. The van der Waals surface area contributed by atoms with Crippen molar-refractivity contribution in [2.75, 3.05) is 17.9 Å². The van der Waals surface area contributed by atoms with E-state index >= 15 is 0 Å². The Morgan fingerprint density at radius 3 is 2.79 bits per heavy atom. The van der Waals surface area contributed by atoms with Crippen molar-refractivity contribution >= 4 is 35.0 Å². The Morgan fingerprint density at radius 2 is 1.94 bits per heavy atom. The highest BCUT2D eigenvalue weighted by Gasteiger charge is 2.18. The molecule has 3 aromatic carbocycles. The average molecular weight is 482 g/mol. The van der Waals surface area contributed by atoms with Gasteiger partial charge < -0.3 is 14.8 Å². The smallest absolute Gasteiger partial charge is 0.234 e. The fourth-order valence-corrected chi connectivity index (χ4v) is 4.34. The molecule has 0 radical (unpaired) electrons. The summed E-state index contributed by atoms with van der Waals surface area (Å²) in [5, 5.41) is 3.90. The predicted octanol–water partition coefficient (Wildman–Crippen LogP) is 5.79. The molecule has 1 amide bonds. The van der Waals surface area contributed by atoms with Crippen molar-refractivity contribution in [2.45, 2.75) is 5.16 Å². The molecule has 0 saturated carbocycles. The van der Waals surface area contributed by atoms with Gasteiger partial charge in [-0.1, -0.05) is 35.5 Å². The molecule has 0 bridgehead atoms. The first-order valence-corrected chi connectivity index (χ1v) is 11.3. The highest BCUT2D eigenvalue weighted by Crippen LogP contribution is 2.36. The summed E-state index contributed by atoms with van der Waals surface area (Å²) in [6, 6.07) is 18.8. The quantitative estimate of drug-likeness (QED) is 0.353. The minimum Gasteiger partial charge on any atom is -0.454 e. The Bertz CT molecular complexity index is 1340. The zero-order chi connectivity index (χ0) is 22.8. The Balaban J connectivity index is 1.42. The Hall–Kier alpha value is -3.49. The number of anilines is 1. The molecule has 4 aromatic rings. The van der Waals surface area contributed by atoms with Crippen LogP contribution >= 0.6 is 23.4 Å². The molecule has 0 aliphatic carbocycles. The second-order valence-corrected chi connectivity index (χ2v) is 8.55. The molecule has 2 heterocycles. The van der Waals surface area contributed by atoms with E-state index in [1.807, 2.05) is 47.2 Å². The van der Waals surface area contributed by atoms with Crippen molar-refractivity contribution in [3.8, 4) is 28.4 Å². The van der Waals surface area contributed by atoms with Crippen LogP contribution in [0.5, 0.6) is 11.5 Å². The Morgan fingerprint density at radius 1 is 1.09 bits per heavy atom. The van der Waals surface area contributed by atoms with Crippen LogP contribution in [-0.4, -0.2) is 28.0 Å². The van der Waals surface area contributed by atoms with Gasteiger partial charge in [0.15, 0.2) is 16.7 Å². The number of nitrogens with one attached hydrogen (secondary N) is 1. The van der Waals surface area contributed by atoms with Crippen molar-refractivity contribution in [2.24, 2.45) is 0 Å². The maximum atomic E-state index is 13.4. The summed E-state index contributed by atoms with van der Waals surface area (Å²) >= 11 is 7.47. The number of hydrogen-bond acceptors (Lipinski definition) is 5. The van der Waals surface area contributed by atoms with Crippen molar-refractivity contribution in [3.05, 3.63) is 83.8 Å². The number of rotatable bonds is 6. The van der Waals surface area contributed by atoms with Crippen molar-refractivity contribution in [1.29, 1.82) is 0 Å². The predicted molar refractivity (Wildman–Crippen MR) is 126 cm³/mol. The topological polar surface area (TPSA) is 65.4 Å². The van der Waals surface area contributed by atoms with Gasteiger partial charge in [0.2, 0.25) is 12.7 Å². The zero-order valence-corrected chi connectivity index (χ0v) is 18.7. The molecule has 0 spiro atoms. The molecule has 1 aromatic heterocycles. The van der Waals surface area contributed by atoms with E-state index in [9.17, 15) is 9.18 Å². The second kappa shape index (κ2) is 9.17. The lowest BCUT2D eigenvalue weighted by molar-refractivity contribution is -0.113. The highest BCUT2D eigenvalue weighted by molar-refractivity contribution is 7.99. The van der Waals surface area contributed by atoms with Gasteiger partial charge in [-0.3, -0.25) is 9.36 Å². The van der Waals surface area contributed by atoms with Crippen molar-refractivity contribution in [3.63, 3.8) is 0 Å². The van der Waals surface area contributed by atoms with Gasteiger partial charge in [-0.05, 0) is 54.6 Å². The maximum absolute atomic E-state index is 13.4. The number of nitrogens with zero attached hydrogens (tertiary/aromatic N) is 2. The van der Waals surface area contributed by atoms with Crippen molar-refractivity contribution in [1.82, 2.24) is 9.55 Å². The third-order valence-corrected chi connectivity index (χ3v) is 6.06. The van der Waals surface area contributed by atoms with E-state index in [1.54, 1.807) is 18.2 Å². The minimum absolute atomic E-state index is 0.0919. The fraction of sp³-hybridized carbons (Fsp3) is 0.0833. The van der Waals surface area contributed by atoms with E-state index in [0.717, 1.165) is 11.3 Å². The van der Waals surface area contributed by atoms with Crippen molar-refractivity contribution < 1.29 is 18.7 Å². The number of ether oxygens (including phenoxy) is 2. The molecular weight excluding hydrogens is 465 g/mol. The van der Waals surface area contributed by atoms with Gasteiger partial charge in [-0.15, -0.1) is 0 Å². The van der Waals surface area contributed by atoms with Crippen LogP contribution in [0.4, 0.5) is 10.1 Å². The zero-order valence-electron chi connectivity index (χ0n) is 17.1. The van der Waals surface area contributed by atoms with E-state index in [-0.39, 0.29) is 18.5 Å². The standard InChI is InChI=1S/C24H17ClFN3O3S/c25-16-3-1-6-19(10-16)29-12-20(15-7-8-21-22(9-15)32-14-31-21)28-24(29)33-13-23(30)27-18-5-2-4-17(26)11-18/h1-12H,13-14H2,(H,27,30). The number of imidazole rings is 1. The number of amides is 1. The Kier molecular flexibility index (Phi) is 5.93. The monoisotopic (exact) mass is 481 g/mol. The Labute approximate surface area is 198 Å². The average Bonchev–Trinajstić information content (AvgIpc) is 3.44. The van der Waals surface area contributed by atoms with Crippen LogP contribution in [0.3, 0.4) is 0 Å². The van der Waals surface area contributed by atoms with Crippen LogP contribution in [0, 0.1) is 5.82 Å². The molecule has 0 saturated heterocycles. The van der Waals surface area contributed by atoms with Crippen LogP contribution in [-0.2, 0) is 4.79 Å². The van der Waals surface area contributed by atoms with Crippen LogP contribution in [0.1, 0.15) is 0 Å². The molecule has 1 N–H and O–H groups in total. The molecule has 1 aliphatic heterocycles. The summed E-state index contributed by atoms with van der Waals surface area (Å²) in [5.74, 6) is 0.764. The second-order valence-electron chi connectivity index (χ2n) is 7.17. The molecule has 9 heteroatoms. The van der Waals surface area contributed by atoms with E-state index < -0.39 is 5.82 Å². The lowest BCUT2D eigenvalue weighted by Crippen LogP contribution is -2.14. The van der Waals surface area contributed by atoms with E-state index in [1.165, 1.54) is 23.9 Å². The number of carbonyl (C=O) groups is 1. The molecule has 1 aliphatic rings. The fourth-order valence-electron chi connectivity index (χ4n) is 3.36. The molecule has 6 nitrogen and oxygen atoms in total. The summed E-state index contributed by atoms with van der Waals surface area (Å²) in [6.45, 7) is 0.192. The van der Waals surface area contributed by atoms with Gasteiger partial charge in [-0.2, -0.15) is 0 Å². The van der Waals surface area contributed by atoms with Crippen LogP contribution in [0.25, 0.3) is 16.9 Å². The molecule has 166 valence electrons. The lowest BCUT2D eigenvalue weighted by atomic mass is 10.1. The number of benzene rings is 3. The van der Waals surface area contributed by atoms with E-state index in [0.29, 0.717) is 33.1 Å². The van der Waals surface area contributed by atoms with Crippen LogP contribution in [0.2, 0.25) is 5.02 Å². The maximum Gasteiger partial charge on any atom is 0.234 e. The SMILES string of the molecule is O=C(CSc1nc(-c2ccc3c(c2)OCO3)cn1-c1cccc(Cl)c1)Nc1cccc(F)c1. The normalized spacial score (nSPS) is 12.1. The first-order chi connectivity index (χ1) is 16.0. The van der Waals surface area contributed by atoms with Gasteiger partial charge in [0.05, 0.1) is 11.4 Å². The number of carbonyl (C=O) groups excluding carboxylic acids is 1. The van der Waals surface area contributed by atoms with Gasteiger partial charge in [0.25, 0.3) is 0 Å². The van der Waals surface area contributed by atoms with Crippen LogP contribution < -0.4 is 14.8 Å². The summed E-state index contributed by atoms with van der Waals surface area (Å²) < 4.78 is 26.1. The van der Waals surface area contributed by atoms with E-state index in [4.69, 9.17) is 26.1 Å². The lowest BCUT2D eigenvalue weighted by Gasteiger charge is -2.08. The molecule has 0 fully saturated rings. The number of fused-ring (bicyclic) bond motifs is 1. The molecular formula is C24H17ClFN3O3S. The third kappa shape index (κ3) is 4.81. The number of hydrogen-bond donors (Lipinski definition) is 1. The van der Waals surface area contributed by atoms with Gasteiger partial charge in [0.1, 0.15) is 5.82 Å². The van der Waals surface area contributed by atoms with Gasteiger partial charge >= 0.3 is 0 Å². The summed E-state index contributed by atoms with van der Waals surface area (Å²) in [5.41, 5.74) is 2.78. The van der Waals surface area contributed by atoms with Gasteiger partial charge in [-0.25, -0.2) is 9.37 Å². The molecule has 5 rings (SSSR count). The highest BCUT2D eigenvalue weighted by atomic mass is 35.5. The molecule has 0 atom stereocenters. The van der Waals surface area contributed by atoms with E-state index in [2.05, 4.69) is 5.32 Å². The first kappa shape index (κ1) is 21.4. The first-order valence-electron chi connectivity index (χ1n) is 9.99. The van der Waals surface area contributed by atoms with Gasteiger partial charge in [0, 0.05) is 28.2 Å². The largest absolute Gasteiger partial charge is 0.454 e. The number of thioether (sulfide) groups is 1. The van der Waals surface area contributed by atoms with Crippen LogP contribution in [0.15, 0.2) is 78.1 Å². The molecule has 0 unspecified atom stereocenters. The minimum atomic E-state index is -0.412.